The van der Waals surface area contributed by atoms with Crippen molar-refractivity contribution in [2.45, 2.75) is 46.3 Å². The van der Waals surface area contributed by atoms with Gasteiger partial charge in [-0.3, -0.25) is 4.79 Å². The third-order valence-electron chi connectivity index (χ3n) is 3.21. The van der Waals surface area contributed by atoms with Gasteiger partial charge in [0.15, 0.2) is 0 Å². The minimum absolute atomic E-state index is 0.0208. The van der Waals surface area contributed by atoms with E-state index in [1.807, 2.05) is 20.8 Å². The summed E-state index contributed by atoms with van der Waals surface area (Å²) < 4.78 is 31.2. The van der Waals surface area contributed by atoms with Crippen LogP contribution in [0.5, 0.6) is 0 Å². The second kappa shape index (κ2) is 5.76. The van der Waals surface area contributed by atoms with Crippen molar-refractivity contribution in [3.8, 4) is 0 Å². The third kappa shape index (κ3) is 4.43. The molecule has 0 saturated carbocycles. The molecule has 1 heterocycles. The molecule has 6 nitrogen and oxygen atoms in total. The normalized spacial score (nSPS) is 26.3. The summed E-state index contributed by atoms with van der Waals surface area (Å²) in [6.07, 6.45) is 0.0303. The Kier molecular flexibility index (Phi) is 4.97. The molecule has 0 aliphatic carbocycles. The van der Waals surface area contributed by atoms with Crippen molar-refractivity contribution in [3.05, 3.63) is 0 Å². The number of amides is 1. The van der Waals surface area contributed by atoms with E-state index in [0.717, 1.165) is 0 Å². The molecule has 1 fully saturated rings. The molecule has 0 radical (unpaired) electrons. The Bertz CT molecular complexity index is 428. The van der Waals surface area contributed by atoms with E-state index in [1.165, 1.54) is 4.31 Å². The average molecular weight is 292 g/mol. The molecule has 1 rings (SSSR count). The van der Waals surface area contributed by atoms with Crippen LogP contribution >= 0.6 is 0 Å². The predicted molar refractivity (Wildman–Crippen MR) is 73.0 cm³/mol. The smallest absolute Gasteiger partial charge is 0.238 e. The Balaban J connectivity index is 2.88. The zero-order valence-corrected chi connectivity index (χ0v) is 12.9. The van der Waals surface area contributed by atoms with Crippen molar-refractivity contribution < 1.29 is 17.9 Å². The molecule has 0 bridgehead atoms. The summed E-state index contributed by atoms with van der Waals surface area (Å²) in [7, 11) is -3.49. The van der Waals surface area contributed by atoms with Gasteiger partial charge in [0, 0.05) is 6.54 Å². The number of carbonyl (C=O) groups is 1. The molecule has 0 aromatic carbocycles. The monoisotopic (exact) mass is 292 g/mol. The van der Waals surface area contributed by atoms with Gasteiger partial charge in [-0.05, 0) is 18.8 Å². The lowest BCUT2D eigenvalue weighted by atomic mass is 9.94. The Morgan fingerprint density at radius 3 is 2.47 bits per heavy atom. The van der Waals surface area contributed by atoms with Gasteiger partial charge in [-0.1, -0.05) is 20.8 Å². The molecule has 0 aromatic heterocycles. The minimum atomic E-state index is -3.49. The number of nitrogens with zero attached hydrogens (tertiary/aromatic N) is 1. The quantitative estimate of drug-likeness (QED) is 0.808. The fraction of sp³-hybridized carbons (Fsp3) is 0.917. The summed E-state index contributed by atoms with van der Waals surface area (Å²) in [6.45, 7) is 8.09. The van der Waals surface area contributed by atoms with Crippen LogP contribution in [0.15, 0.2) is 0 Å². The van der Waals surface area contributed by atoms with Crippen LogP contribution in [0.3, 0.4) is 0 Å². The predicted octanol–water partition coefficient (Wildman–Crippen LogP) is 0.327. The molecule has 1 amide bonds. The van der Waals surface area contributed by atoms with Crippen molar-refractivity contribution >= 4 is 15.9 Å². The average Bonchev–Trinajstić information content (AvgIpc) is 2.25. The molecule has 19 heavy (non-hydrogen) atoms. The lowest BCUT2D eigenvalue weighted by molar-refractivity contribution is -0.130. The van der Waals surface area contributed by atoms with Crippen LogP contribution in [0.2, 0.25) is 0 Å². The fourth-order valence-corrected chi connectivity index (χ4v) is 4.11. The van der Waals surface area contributed by atoms with Gasteiger partial charge in [0.25, 0.3) is 0 Å². The van der Waals surface area contributed by atoms with Crippen LogP contribution in [0, 0.1) is 5.41 Å². The first-order chi connectivity index (χ1) is 8.54. The van der Waals surface area contributed by atoms with Crippen molar-refractivity contribution in [3.63, 3.8) is 0 Å². The van der Waals surface area contributed by atoms with E-state index in [1.54, 1.807) is 6.92 Å². The standard InChI is InChI=1S/C12H24N2O4S/c1-9-10(11(13)15)14(6-7-18-9)19(16,17)8-5-12(2,3)4/h9-10H,5-8H2,1-4H3,(H2,13,15)/t9-,10+/m1/s1. The summed E-state index contributed by atoms with van der Waals surface area (Å²) in [6, 6.07) is -0.904. The number of hydrogen-bond donors (Lipinski definition) is 1. The minimum Gasteiger partial charge on any atom is -0.375 e. The number of rotatable bonds is 4. The number of morpholine rings is 1. The second-order valence-corrected chi connectivity index (χ2v) is 8.20. The molecule has 112 valence electrons. The maximum atomic E-state index is 12.4. The van der Waals surface area contributed by atoms with Crippen LogP contribution in [0.25, 0.3) is 0 Å². The molecule has 0 spiro atoms. The molecular weight excluding hydrogens is 268 g/mol. The Labute approximate surface area is 115 Å². The largest absolute Gasteiger partial charge is 0.375 e. The van der Waals surface area contributed by atoms with E-state index >= 15 is 0 Å². The number of primary amides is 1. The van der Waals surface area contributed by atoms with Gasteiger partial charge in [-0.2, -0.15) is 4.31 Å². The molecule has 2 N–H and O–H groups in total. The third-order valence-corrected chi connectivity index (χ3v) is 5.05. The molecule has 7 heteroatoms. The van der Waals surface area contributed by atoms with E-state index in [2.05, 4.69) is 0 Å². The summed E-state index contributed by atoms with van der Waals surface area (Å²) in [5, 5.41) is 0. The van der Waals surface area contributed by atoms with Crippen molar-refractivity contribution in [1.29, 1.82) is 0 Å². The lowest BCUT2D eigenvalue weighted by Crippen LogP contribution is -2.58. The van der Waals surface area contributed by atoms with Crippen LogP contribution in [-0.4, -0.2) is 49.7 Å². The fourth-order valence-electron chi connectivity index (χ4n) is 2.03. The highest BCUT2D eigenvalue weighted by Gasteiger charge is 2.40. The van der Waals surface area contributed by atoms with Crippen LogP contribution in [0.4, 0.5) is 0 Å². The highest BCUT2D eigenvalue weighted by Crippen LogP contribution is 2.23. The van der Waals surface area contributed by atoms with Crippen molar-refractivity contribution in [2.24, 2.45) is 11.1 Å². The van der Waals surface area contributed by atoms with E-state index in [9.17, 15) is 13.2 Å². The van der Waals surface area contributed by atoms with Gasteiger partial charge in [0.1, 0.15) is 6.04 Å². The zero-order valence-electron chi connectivity index (χ0n) is 12.0. The van der Waals surface area contributed by atoms with Gasteiger partial charge in [0.05, 0.1) is 18.5 Å². The van der Waals surface area contributed by atoms with Crippen molar-refractivity contribution in [1.82, 2.24) is 4.31 Å². The maximum absolute atomic E-state index is 12.4. The molecule has 1 saturated heterocycles. The van der Waals surface area contributed by atoms with E-state index < -0.39 is 28.1 Å². The molecular formula is C12H24N2O4S. The van der Waals surface area contributed by atoms with Crippen LogP contribution < -0.4 is 5.73 Å². The van der Waals surface area contributed by atoms with Gasteiger partial charge >= 0.3 is 0 Å². The summed E-state index contributed by atoms with van der Waals surface area (Å²) in [4.78, 5) is 11.5. The highest BCUT2D eigenvalue weighted by molar-refractivity contribution is 7.89. The molecule has 1 aliphatic heterocycles. The van der Waals surface area contributed by atoms with E-state index in [-0.39, 0.29) is 17.7 Å². The number of hydrogen-bond acceptors (Lipinski definition) is 4. The van der Waals surface area contributed by atoms with Gasteiger partial charge in [-0.25, -0.2) is 8.42 Å². The number of sulfonamides is 1. The Morgan fingerprint density at radius 1 is 1.42 bits per heavy atom. The van der Waals surface area contributed by atoms with E-state index in [4.69, 9.17) is 10.5 Å². The Morgan fingerprint density at radius 2 is 2.00 bits per heavy atom. The van der Waals surface area contributed by atoms with Crippen molar-refractivity contribution in [2.75, 3.05) is 18.9 Å². The molecule has 0 aromatic rings. The second-order valence-electron chi connectivity index (χ2n) is 6.16. The molecule has 0 unspecified atom stereocenters. The zero-order chi connectivity index (χ0) is 14.8. The number of nitrogens with two attached hydrogens (primary N) is 1. The topological polar surface area (TPSA) is 89.7 Å². The molecule has 2 atom stereocenters. The SMILES string of the molecule is C[C@H]1OCCN(S(=O)(=O)CCC(C)(C)C)[C@@H]1C(N)=O. The highest BCUT2D eigenvalue weighted by atomic mass is 32.2. The maximum Gasteiger partial charge on any atom is 0.238 e. The first-order valence-electron chi connectivity index (χ1n) is 6.45. The number of ether oxygens (including phenoxy) is 1. The van der Waals surface area contributed by atoms with Crippen LogP contribution in [0.1, 0.15) is 34.1 Å². The summed E-state index contributed by atoms with van der Waals surface area (Å²) in [5.41, 5.74) is 5.23. The summed E-state index contributed by atoms with van der Waals surface area (Å²) >= 11 is 0. The number of carbonyl (C=O) groups excluding carboxylic acids is 1. The Hall–Kier alpha value is -0.660. The first kappa shape index (κ1) is 16.4. The van der Waals surface area contributed by atoms with Gasteiger partial charge in [0.2, 0.25) is 15.9 Å². The summed E-state index contributed by atoms with van der Waals surface area (Å²) in [5.74, 6) is -0.640. The lowest BCUT2D eigenvalue weighted by Gasteiger charge is -2.37. The van der Waals surface area contributed by atoms with Crippen LogP contribution in [-0.2, 0) is 19.6 Å². The first-order valence-corrected chi connectivity index (χ1v) is 8.06. The van der Waals surface area contributed by atoms with E-state index in [0.29, 0.717) is 13.0 Å². The molecule has 1 aliphatic rings. The van der Waals surface area contributed by atoms with Gasteiger partial charge < -0.3 is 10.5 Å². The van der Waals surface area contributed by atoms with Gasteiger partial charge in [-0.15, -0.1) is 0 Å².